The van der Waals surface area contributed by atoms with Crippen LogP contribution in [0.4, 0.5) is 0 Å². The molecular weight excluding hydrogens is 208 g/mol. The minimum absolute atomic E-state index is 0.309. The molecule has 1 rings (SSSR count). The highest BCUT2D eigenvalue weighted by molar-refractivity contribution is 9.09. The van der Waals surface area contributed by atoms with Crippen LogP contribution in [0.1, 0.15) is 16.3 Å². The molecule has 56 valence electrons. The Balaban J connectivity index is 2.80. The smallest absolute Gasteiger partial charge is 0.185 e. The Morgan fingerprint density at radius 1 is 1.64 bits per heavy atom. The van der Waals surface area contributed by atoms with Crippen molar-refractivity contribution in [3.05, 3.63) is 23.7 Å². The maximum atomic E-state index is 10.1. The molecule has 0 aromatic carbocycles. The predicted octanol–water partition coefficient (Wildman–Crippen LogP) is 1.84. The number of rotatable bonds is 1. The molecule has 1 heterocycles. The molecular formula is C8H5BrO2. The van der Waals surface area contributed by atoms with Crippen LogP contribution in [0, 0.1) is 11.8 Å². The van der Waals surface area contributed by atoms with E-state index in [1.165, 1.54) is 0 Å². The molecule has 0 spiro atoms. The standard InChI is InChI=1S/C8H5BrO2/c9-5-1-2-7-3-4-8(6-10)11-7/h3-4,6H,5H2. The molecule has 0 saturated carbocycles. The number of aldehydes is 1. The van der Waals surface area contributed by atoms with Crippen LogP contribution in [0.15, 0.2) is 16.5 Å². The van der Waals surface area contributed by atoms with E-state index in [2.05, 4.69) is 27.8 Å². The summed E-state index contributed by atoms with van der Waals surface area (Å²) in [6.07, 6.45) is 0.652. The zero-order chi connectivity index (χ0) is 8.10. The molecule has 0 atom stereocenters. The van der Waals surface area contributed by atoms with E-state index < -0.39 is 0 Å². The summed E-state index contributed by atoms with van der Waals surface area (Å²) in [5.41, 5.74) is 0. The zero-order valence-electron chi connectivity index (χ0n) is 5.63. The van der Waals surface area contributed by atoms with Gasteiger partial charge in [0.25, 0.3) is 0 Å². The Labute approximate surface area is 72.7 Å². The van der Waals surface area contributed by atoms with Crippen LogP contribution in [-0.4, -0.2) is 11.6 Å². The van der Waals surface area contributed by atoms with Crippen LogP contribution >= 0.6 is 15.9 Å². The molecule has 0 aliphatic carbocycles. The van der Waals surface area contributed by atoms with Gasteiger partial charge in [-0.05, 0) is 18.1 Å². The number of hydrogen-bond donors (Lipinski definition) is 0. The van der Waals surface area contributed by atoms with Crippen molar-refractivity contribution in [3.63, 3.8) is 0 Å². The Morgan fingerprint density at radius 3 is 3.00 bits per heavy atom. The molecule has 0 N–H and O–H groups in total. The van der Waals surface area contributed by atoms with Crippen LogP contribution in [0.3, 0.4) is 0 Å². The average molecular weight is 213 g/mol. The quantitative estimate of drug-likeness (QED) is 0.404. The number of alkyl halides is 1. The van der Waals surface area contributed by atoms with Gasteiger partial charge in [0.1, 0.15) is 0 Å². The summed E-state index contributed by atoms with van der Waals surface area (Å²) < 4.78 is 4.97. The largest absolute Gasteiger partial charge is 0.445 e. The van der Waals surface area contributed by atoms with Gasteiger partial charge < -0.3 is 4.42 Å². The minimum atomic E-state index is 0.309. The average Bonchev–Trinajstić information content (AvgIpc) is 2.48. The Morgan fingerprint density at radius 2 is 2.45 bits per heavy atom. The summed E-state index contributed by atoms with van der Waals surface area (Å²) in [7, 11) is 0. The third-order valence-electron chi connectivity index (χ3n) is 1.02. The summed E-state index contributed by atoms with van der Waals surface area (Å²) in [6, 6.07) is 3.25. The van der Waals surface area contributed by atoms with E-state index in [0.29, 0.717) is 23.1 Å². The number of hydrogen-bond acceptors (Lipinski definition) is 2. The van der Waals surface area contributed by atoms with Gasteiger partial charge in [0, 0.05) is 0 Å². The van der Waals surface area contributed by atoms with Crippen molar-refractivity contribution < 1.29 is 9.21 Å². The van der Waals surface area contributed by atoms with Crippen LogP contribution in [0.5, 0.6) is 0 Å². The first kappa shape index (κ1) is 8.09. The fourth-order valence-corrected chi connectivity index (χ4v) is 0.744. The van der Waals surface area contributed by atoms with Gasteiger partial charge in [-0.25, -0.2) is 0 Å². The number of carbonyl (C=O) groups is 1. The Hall–Kier alpha value is -1.01. The molecule has 0 fully saturated rings. The van der Waals surface area contributed by atoms with Gasteiger partial charge in [-0.2, -0.15) is 0 Å². The van der Waals surface area contributed by atoms with Crippen molar-refractivity contribution in [1.82, 2.24) is 0 Å². The highest BCUT2D eigenvalue weighted by Gasteiger charge is 1.95. The van der Waals surface area contributed by atoms with Crippen LogP contribution < -0.4 is 0 Å². The van der Waals surface area contributed by atoms with E-state index in [9.17, 15) is 4.79 Å². The van der Waals surface area contributed by atoms with Crippen LogP contribution in [0.2, 0.25) is 0 Å². The molecule has 0 amide bonds. The topological polar surface area (TPSA) is 30.2 Å². The van der Waals surface area contributed by atoms with E-state index in [4.69, 9.17) is 4.42 Å². The highest BCUT2D eigenvalue weighted by Crippen LogP contribution is 2.03. The van der Waals surface area contributed by atoms with Crippen LogP contribution in [0.25, 0.3) is 0 Å². The van der Waals surface area contributed by atoms with Crippen molar-refractivity contribution >= 4 is 22.2 Å². The maximum absolute atomic E-state index is 10.1. The lowest BCUT2D eigenvalue weighted by Crippen LogP contribution is -1.68. The molecule has 2 nitrogen and oxygen atoms in total. The fraction of sp³-hybridized carbons (Fsp3) is 0.125. The highest BCUT2D eigenvalue weighted by atomic mass is 79.9. The molecule has 1 aromatic rings. The van der Waals surface area contributed by atoms with Crippen molar-refractivity contribution in [3.8, 4) is 11.8 Å². The zero-order valence-corrected chi connectivity index (χ0v) is 7.22. The Kier molecular flexibility index (Phi) is 2.94. The molecule has 0 radical (unpaired) electrons. The molecule has 0 aliphatic rings. The second kappa shape index (κ2) is 3.99. The molecule has 0 unspecified atom stereocenters. The number of halogens is 1. The lowest BCUT2D eigenvalue weighted by molar-refractivity contribution is 0.110. The van der Waals surface area contributed by atoms with Crippen LogP contribution in [-0.2, 0) is 0 Å². The van der Waals surface area contributed by atoms with Gasteiger partial charge in [0.2, 0.25) is 0 Å². The summed E-state index contributed by atoms with van der Waals surface area (Å²) in [5.74, 6) is 6.31. The van der Waals surface area contributed by atoms with Gasteiger partial charge in [0.15, 0.2) is 17.8 Å². The van der Waals surface area contributed by atoms with Crippen molar-refractivity contribution in [1.29, 1.82) is 0 Å². The molecule has 1 aromatic heterocycles. The van der Waals surface area contributed by atoms with Crippen molar-refractivity contribution in [2.75, 3.05) is 5.33 Å². The normalized spacial score (nSPS) is 8.45. The van der Waals surface area contributed by atoms with E-state index in [1.54, 1.807) is 12.1 Å². The van der Waals surface area contributed by atoms with E-state index >= 15 is 0 Å². The fourth-order valence-electron chi connectivity index (χ4n) is 0.604. The first-order valence-electron chi connectivity index (χ1n) is 2.96. The molecule has 0 aliphatic heterocycles. The van der Waals surface area contributed by atoms with E-state index in [1.807, 2.05) is 0 Å². The van der Waals surface area contributed by atoms with Gasteiger partial charge in [-0.3, -0.25) is 4.79 Å². The predicted molar refractivity (Wildman–Crippen MR) is 44.8 cm³/mol. The summed E-state index contributed by atoms with van der Waals surface area (Å²) >= 11 is 3.15. The van der Waals surface area contributed by atoms with Gasteiger partial charge in [0.05, 0.1) is 5.33 Å². The lowest BCUT2D eigenvalue weighted by Gasteiger charge is -1.77. The first-order chi connectivity index (χ1) is 5.36. The molecule has 0 saturated heterocycles. The van der Waals surface area contributed by atoms with E-state index in [-0.39, 0.29) is 0 Å². The number of carbonyl (C=O) groups excluding carboxylic acids is 1. The SMILES string of the molecule is O=Cc1ccc(C#CCBr)o1. The van der Waals surface area contributed by atoms with Gasteiger partial charge in [-0.1, -0.05) is 21.9 Å². The van der Waals surface area contributed by atoms with E-state index in [0.717, 1.165) is 0 Å². The van der Waals surface area contributed by atoms with Crippen molar-refractivity contribution in [2.24, 2.45) is 0 Å². The molecule has 0 bridgehead atoms. The maximum Gasteiger partial charge on any atom is 0.185 e. The molecule has 3 heteroatoms. The van der Waals surface area contributed by atoms with Gasteiger partial charge in [-0.15, -0.1) is 0 Å². The third kappa shape index (κ3) is 2.24. The Bertz CT molecular complexity index is 303. The molecule has 11 heavy (non-hydrogen) atoms. The first-order valence-corrected chi connectivity index (χ1v) is 4.09. The van der Waals surface area contributed by atoms with Gasteiger partial charge >= 0.3 is 0 Å². The van der Waals surface area contributed by atoms with Crippen molar-refractivity contribution in [2.45, 2.75) is 0 Å². The third-order valence-corrected chi connectivity index (χ3v) is 1.30. The summed E-state index contributed by atoms with van der Waals surface area (Å²) in [4.78, 5) is 10.1. The second-order valence-electron chi connectivity index (χ2n) is 1.76. The lowest BCUT2D eigenvalue weighted by atomic mass is 10.4. The summed E-state index contributed by atoms with van der Waals surface area (Å²) in [5, 5.41) is 0.601. The minimum Gasteiger partial charge on any atom is -0.445 e. The second-order valence-corrected chi connectivity index (χ2v) is 2.32. The summed E-state index contributed by atoms with van der Waals surface area (Å²) in [6.45, 7) is 0. The number of furan rings is 1. The monoisotopic (exact) mass is 212 g/mol.